The Kier molecular flexibility index (Phi) is 4.22. The molecule has 0 aliphatic rings. The third-order valence-corrected chi connectivity index (χ3v) is 1.52. The van der Waals surface area contributed by atoms with Crippen LogP contribution in [0.2, 0.25) is 0 Å². The van der Waals surface area contributed by atoms with Crippen molar-refractivity contribution in [2.45, 2.75) is 20.8 Å². The number of rotatable bonds is 0. The number of aromatic nitrogens is 2. The molecule has 0 aliphatic carbocycles. The van der Waals surface area contributed by atoms with Crippen molar-refractivity contribution in [3.05, 3.63) is 23.3 Å². The predicted molar refractivity (Wildman–Crippen MR) is 35.1 cm³/mol. The smallest absolute Gasteiger partial charge is 0.0218 e. The quantitative estimate of drug-likeness (QED) is 0.601. The van der Waals surface area contributed by atoms with Crippen LogP contribution in [0, 0.1) is 27.1 Å². The van der Waals surface area contributed by atoms with Gasteiger partial charge in [0.05, 0.1) is 0 Å². The second-order valence-corrected chi connectivity index (χ2v) is 2.12. The maximum Gasteiger partial charge on any atom is 0.0218 e. The average molecular weight is 210 g/mol. The second kappa shape index (κ2) is 4.14. The Morgan fingerprint density at radius 1 is 1.00 bits per heavy atom. The van der Waals surface area contributed by atoms with Gasteiger partial charge in [-0.1, -0.05) is 32.2 Å². The third-order valence-electron chi connectivity index (χ3n) is 1.52. The zero-order valence-electron chi connectivity index (χ0n) is 6.47. The van der Waals surface area contributed by atoms with Crippen molar-refractivity contribution >= 4 is 0 Å². The van der Waals surface area contributed by atoms with Crippen LogP contribution in [-0.2, 0) is 32.7 Å². The number of aryl methyl sites for hydroxylation is 2. The Balaban J connectivity index is 0.000000810. The van der Waals surface area contributed by atoms with E-state index in [9.17, 15) is 0 Å². The van der Waals surface area contributed by atoms with E-state index in [0.717, 1.165) is 17.0 Å². The first-order chi connectivity index (χ1) is 4.22. The van der Waals surface area contributed by atoms with Crippen LogP contribution < -0.4 is 0 Å². The first-order valence-corrected chi connectivity index (χ1v) is 2.89. The van der Waals surface area contributed by atoms with Crippen molar-refractivity contribution in [2.24, 2.45) is 0 Å². The fourth-order valence-electron chi connectivity index (χ4n) is 0.605. The van der Waals surface area contributed by atoms with Crippen LogP contribution >= 0.6 is 0 Å². The van der Waals surface area contributed by atoms with Crippen molar-refractivity contribution in [1.29, 1.82) is 0 Å². The van der Waals surface area contributed by atoms with E-state index in [-0.39, 0.29) is 32.7 Å². The molecular weight excluding hydrogens is 201 g/mol. The van der Waals surface area contributed by atoms with Crippen LogP contribution in [0.5, 0.6) is 0 Å². The van der Waals surface area contributed by atoms with Gasteiger partial charge in [0, 0.05) is 39.0 Å². The van der Waals surface area contributed by atoms with E-state index in [4.69, 9.17) is 0 Å². The largest absolute Gasteiger partial charge is 0.371 e. The molecule has 1 rings (SSSR count). The molecule has 0 saturated heterocycles. The summed E-state index contributed by atoms with van der Waals surface area (Å²) in [4.78, 5) is 7.81. The van der Waals surface area contributed by atoms with Gasteiger partial charge in [-0.25, -0.2) is 0 Å². The summed E-state index contributed by atoms with van der Waals surface area (Å²) in [5.41, 5.74) is 3.19. The molecule has 0 atom stereocenters. The molecule has 0 saturated carbocycles. The van der Waals surface area contributed by atoms with Gasteiger partial charge in [-0.05, 0) is 0 Å². The minimum Gasteiger partial charge on any atom is -0.371 e. The van der Waals surface area contributed by atoms with Crippen molar-refractivity contribution in [1.82, 2.24) is 9.97 Å². The van der Waals surface area contributed by atoms with Crippen molar-refractivity contribution in [3.63, 3.8) is 0 Å². The summed E-state index contributed by atoms with van der Waals surface area (Å²) in [5.74, 6) is 0. The topological polar surface area (TPSA) is 25.8 Å². The Labute approximate surface area is 86.3 Å². The molecule has 0 bridgehead atoms. The summed E-state index contributed by atoms with van der Waals surface area (Å²) in [7, 11) is 0. The molecule has 0 amide bonds. The first-order valence-electron chi connectivity index (χ1n) is 2.89. The van der Waals surface area contributed by atoms with Gasteiger partial charge < -0.3 is 9.97 Å². The summed E-state index contributed by atoms with van der Waals surface area (Å²) < 4.78 is 0. The molecular formula is C7H9N2Y-. The van der Waals surface area contributed by atoms with Gasteiger partial charge in [0.15, 0.2) is 0 Å². The molecule has 1 aromatic rings. The van der Waals surface area contributed by atoms with Crippen molar-refractivity contribution in [3.8, 4) is 0 Å². The average Bonchev–Trinajstić information content (AvgIpc) is 1.83. The summed E-state index contributed by atoms with van der Waals surface area (Å²) in [6.45, 7) is 5.93. The van der Waals surface area contributed by atoms with E-state index in [0.29, 0.717) is 0 Å². The molecule has 0 aliphatic heterocycles. The third kappa shape index (κ3) is 2.10. The van der Waals surface area contributed by atoms with E-state index in [1.807, 2.05) is 20.8 Å². The Morgan fingerprint density at radius 3 is 1.70 bits per heavy atom. The monoisotopic (exact) mass is 210 g/mol. The molecule has 3 heteroatoms. The molecule has 0 fully saturated rings. The van der Waals surface area contributed by atoms with Gasteiger partial charge in [-0.2, -0.15) is 0 Å². The Bertz CT molecular complexity index is 203. The first kappa shape index (κ1) is 10.2. The molecule has 2 nitrogen and oxygen atoms in total. The van der Waals surface area contributed by atoms with Crippen LogP contribution in [0.1, 0.15) is 17.0 Å². The zero-order chi connectivity index (χ0) is 6.85. The second-order valence-electron chi connectivity index (χ2n) is 2.12. The molecule has 51 valence electrons. The van der Waals surface area contributed by atoms with Gasteiger partial charge in [0.1, 0.15) is 0 Å². The molecule has 1 aromatic heterocycles. The number of nitrogens with zero attached hydrogens (tertiary/aromatic N) is 2. The SMILES string of the molecule is Cc1n[c-]nc(C)c1C.[Y]. The van der Waals surface area contributed by atoms with Gasteiger partial charge >= 0.3 is 0 Å². The molecule has 10 heavy (non-hydrogen) atoms. The van der Waals surface area contributed by atoms with Crippen LogP contribution in [0.25, 0.3) is 0 Å². The summed E-state index contributed by atoms with van der Waals surface area (Å²) in [5, 5.41) is 0. The Hall–Kier alpha value is 0.184. The maximum atomic E-state index is 3.90. The molecule has 1 radical (unpaired) electrons. The van der Waals surface area contributed by atoms with E-state index in [1.54, 1.807) is 0 Å². The fraction of sp³-hybridized carbons (Fsp3) is 0.429. The molecule has 1 heterocycles. The van der Waals surface area contributed by atoms with Gasteiger partial charge in [0.25, 0.3) is 0 Å². The van der Waals surface area contributed by atoms with Gasteiger partial charge in [-0.3, -0.25) is 0 Å². The van der Waals surface area contributed by atoms with E-state index >= 15 is 0 Å². The van der Waals surface area contributed by atoms with Crippen LogP contribution in [0.15, 0.2) is 0 Å². The van der Waals surface area contributed by atoms with Crippen molar-refractivity contribution in [2.75, 3.05) is 0 Å². The number of hydrogen-bond acceptors (Lipinski definition) is 2. The van der Waals surface area contributed by atoms with Gasteiger partial charge in [-0.15, -0.1) is 5.56 Å². The molecule has 0 unspecified atom stereocenters. The molecule has 0 N–H and O–H groups in total. The predicted octanol–water partition coefficient (Wildman–Crippen LogP) is 1.20. The summed E-state index contributed by atoms with van der Waals surface area (Å²) in [6.07, 6.45) is 2.57. The zero-order valence-corrected chi connectivity index (χ0v) is 9.31. The summed E-state index contributed by atoms with van der Waals surface area (Å²) in [6, 6.07) is 0. The Morgan fingerprint density at radius 2 is 1.40 bits per heavy atom. The van der Waals surface area contributed by atoms with Crippen LogP contribution in [0.3, 0.4) is 0 Å². The molecule has 0 aromatic carbocycles. The fourth-order valence-corrected chi connectivity index (χ4v) is 0.605. The minimum absolute atomic E-state index is 0. The van der Waals surface area contributed by atoms with E-state index in [1.165, 1.54) is 0 Å². The van der Waals surface area contributed by atoms with Crippen molar-refractivity contribution < 1.29 is 32.7 Å². The van der Waals surface area contributed by atoms with E-state index < -0.39 is 0 Å². The molecule has 0 spiro atoms. The standard InChI is InChI=1S/C7H9N2.Y/c1-5-6(2)8-4-9-7(5)3;/h1-3H3;/q-1;. The van der Waals surface area contributed by atoms with Crippen LogP contribution in [-0.4, -0.2) is 9.97 Å². The van der Waals surface area contributed by atoms with E-state index in [2.05, 4.69) is 16.3 Å². The maximum absolute atomic E-state index is 3.90. The normalized spacial score (nSPS) is 8.70. The van der Waals surface area contributed by atoms with Crippen LogP contribution in [0.4, 0.5) is 0 Å². The number of hydrogen-bond donors (Lipinski definition) is 0. The minimum atomic E-state index is 0. The summed E-state index contributed by atoms with van der Waals surface area (Å²) >= 11 is 0. The van der Waals surface area contributed by atoms with Gasteiger partial charge in [0.2, 0.25) is 0 Å².